The van der Waals surface area contributed by atoms with Crippen molar-refractivity contribution in [2.24, 2.45) is 5.73 Å². The molecule has 1 aromatic heterocycles. The minimum absolute atomic E-state index is 0.236. The lowest BCUT2D eigenvalue weighted by Crippen LogP contribution is -2.14. The Labute approximate surface area is 135 Å². The number of pyridine rings is 1. The van der Waals surface area contributed by atoms with Gasteiger partial charge >= 0.3 is 0 Å². The van der Waals surface area contributed by atoms with Crippen molar-refractivity contribution >= 4 is 23.2 Å². The van der Waals surface area contributed by atoms with Crippen LogP contribution in [0.1, 0.15) is 30.5 Å². The molecule has 0 aliphatic carbocycles. The van der Waals surface area contributed by atoms with Gasteiger partial charge in [-0.3, -0.25) is 4.98 Å². The van der Waals surface area contributed by atoms with Crippen molar-refractivity contribution in [3.05, 3.63) is 57.8 Å². The topological polar surface area (TPSA) is 48.1 Å². The molecule has 1 atom stereocenters. The predicted octanol–water partition coefficient (Wildman–Crippen LogP) is 4.42. The van der Waals surface area contributed by atoms with Gasteiger partial charge in [0.1, 0.15) is 5.75 Å². The van der Waals surface area contributed by atoms with Gasteiger partial charge in [-0.2, -0.15) is 0 Å². The molecule has 3 nitrogen and oxygen atoms in total. The van der Waals surface area contributed by atoms with E-state index in [4.69, 9.17) is 33.7 Å². The van der Waals surface area contributed by atoms with Gasteiger partial charge in [-0.15, -0.1) is 0 Å². The van der Waals surface area contributed by atoms with Crippen LogP contribution in [-0.2, 0) is 6.42 Å². The molecule has 0 bridgehead atoms. The largest absolute Gasteiger partial charge is 0.492 e. The number of hydrogen-bond acceptors (Lipinski definition) is 3. The van der Waals surface area contributed by atoms with Crippen LogP contribution >= 0.6 is 23.2 Å². The summed E-state index contributed by atoms with van der Waals surface area (Å²) >= 11 is 12.4. The van der Waals surface area contributed by atoms with E-state index in [0.717, 1.165) is 23.3 Å². The first-order valence-corrected chi connectivity index (χ1v) is 7.63. The molecule has 5 heteroatoms. The van der Waals surface area contributed by atoms with E-state index in [0.29, 0.717) is 23.1 Å². The number of nitrogens with two attached hydrogens (primary N) is 1. The SMILES string of the molecule is CCCOc1cncc(C(N)Cc2c(Cl)cccc2Cl)c1. The van der Waals surface area contributed by atoms with Gasteiger partial charge in [0.25, 0.3) is 0 Å². The van der Waals surface area contributed by atoms with Crippen molar-refractivity contribution < 1.29 is 4.74 Å². The lowest BCUT2D eigenvalue weighted by Gasteiger charge is -2.15. The predicted molar refractivity (Wildman–Crippen MR) is 87.1 cm³/mol. The molecule has 0 aliphatic heterocycles. The van der Waals surface area contributed by atoms with Crippen LogP contribution in [0, 0.1) is 0 Å². The summed E-state index contributed by atoms with van der Waals surface area (Å²) in [7, 11) is 0. The highest BCUT2D eigenvalue weighted by atomic mass is 35.5. The number of ether oxygens (including phenoxy) is 1. The number of halogens is 2. The maximum atomic E-state index is 6.25. The van der Waals surface area contributed by atoms with Gasteiger partial charge in [0, 0.05) is 22.3 Å². The maximum Gasteiger partial charge on any atom is 0.137 e. The van der Waals surface area contributed by atoms with E-state index in [2.05, 4.69) is 11.9 Å². The lowest BCUT2D eigenvalue weighted by atomic mass is 10.0. The molecule has 112 valence electrons. The Kier molecular flexibility index (Phi) is 5.85. The van der Waals surface area contributed by atoms with Crippen LogP contribution in [0.2, 0.25) is 10.0 Å². The first kappa shape index (κ1) is 16.1. The summed E-state index contributed by atoms with van der Waals surface area (Å²) in [5.41, 5.74) is 8.01. The first-order valence-electron chi connectivity index (χ1n) is 6.88. The Bertz CT molecular complexity index is 584. The van der Waals surface area contributed by atoms with E-state index in [1.54, 1.807) is 12.4 Å². The van der Waals surface area contributed by atoms with Gasteiger partial charge in [0.15, 0.2) is 0 Å². The van der Waals surface area contributed by atoms with Gasteiger partial charge in [0.2, 0.25) is 0 Å². The number of rotatable bonds is 6. The fourth-order valence-corrected chi connectivity index (χ4v) is 2.55. The first-order chi connectivity index (χ1) is 10.1. The highest BCUT2D eigenvalue weighted by Gasteiger charge is 2.13. The Hall–Kier alpha value is -1.29. The molecule has 1 heterocycles. The van der Waals surface area contributed by atoms with Gasteiger partial charge in [-0.05, 0) is 42.2 Å². The van der Waals surface area contributed by atoms with E-state index in [-0.39, 0.29) is 6.04 Å². The van der Waals surface area contributed by atoms with Gasteiger partial charge in [0.05, 0.1) is 12.8 Å². The third-order valence-electron chi connectivity index (χ3n) is 3.12. The third kappa shape index (κ3) is 4.34. The van der Waals surface area contributed by atoms with Gasteiger partial charge < -0.3 is 10.5 Å². The van der Waals surface area contributed by atoms with Crippen LogP contribution in [0.15, 0.2) is 36.7 Å². The normalized spacial score (nSPS) is 12.2. The third-order valence-corrected chi connectivity index (χ3v) is 3.83. The zero-order valence-electron chi connectivity index (χ0n) is 11.9. The molecule has 21 heavy (non-hydrogen) atoms. The Morgan fingerprint density at radius 3 is 2.62 bits per heavy atom. The molecule has 0 radical (unpaired) electrons. The highest BCUT2D eigenvalue weighted by molar-refractivity contribution is 6.36. The minimum Gasteiger partial charge on any atom is -0.492 e. The Balaban J connectivity index is 2.14. The van der Waals surface area contributed by atoms with Crippen molar-refractivity contribution in [3.8, 4) is 5.75 Å². The van der Waals surface area contributed by atoms with Crippen LogP contribution in [-0.4, -0.2) is 11.6 Å². The van der Waals surface area contributed by atoms with E-state index in [1.807, 2.05) is 24.3 Å². The molecule has 0 spiro atoms. The fraction of sp³-hybridized carbons (Fsp3) is 0.312. The summed E-state index contributed by atoms with van der Waals surface area (Å²) in [5, 5.41) is 1.26. The lowest BCUT2D eigenvalue weighted by molar-refractivity contribution is 0.315. The summed E-state index contributed by atoms with van der Waals surface area (Å²) in [6.07, 6.45) is 4.94. The second kappa shape index (κ2) is 7.64. The van der Waals surface area contributed by atoms with Crippen molar-refractivity contribution in [2.75, 3.05) is 6.61 Å². The van der Waals surface area contributed by atoms with E-state index >= 15 is 0 Å². The molecule has 1 unspecified atom stereocenters. The van der Waals surface area contributed by atoms with Crippen molar-refractivity contribution in [1.29, 1.82) is 0 Å². The maximum absolute atomic E-state index is 6.25. The van der Waals surface area contributed by atoms with E-state index in [9.17, 15) is 0 Å². The Morgan fingerprint density at radius 1 is 1.24 bits per heavy atom. The number of aromatic nitrogens is 1. The van der Waals surface area contributed by atoms with Crippen molar-refractivity contribution in [3.63, 3.8) is 0 Å². The van der Waals surface area contributed by atoms with Crippen LogP contribution in [0.25, 0.3) is 0 Å². The van der Waals surface area contributed by atoms with Crippen LogP contribution in [0.3, 0.4) is 0 Å². The summed E-state index contributed by atoms with van der Waals surface area (Å²) in [5.74, 6) is 0.732. The second-order valence-electron chi connectivity index (χ2n) is 4.81. The molecule has 0 fully saturated rings. The fourth-order valence-electron chi connectivity index (χ4n) is 2.00. The Morgan fingerprint density at radius 2 is 1.95 bits per heavy atom. The van der Waals surface area contributed by atoms with E-state index < -0.39 is 0 Å². The molecular weight excluding hydrogens is 307 g/mol. The molecule has 0 saturated carbocycles. The minimum atomic E-state index is -0.236. The second-order valence-corrected chi connectivity index (χ2v) is 5.63. The smallest absolute Gasteiger partial charge is 0.137 e. The van der Waals surface area contributed by atoms with Crippen LogP contribution in [0.4, 0.5) is 0 Å². The molecule has 0 saturated heterocycles. The zero-order valence-corrected chi connectivity index (χ0v) is 13.4. The monoisotopic (exact) mass is 324 g/mol. The summed E-state index contributed by atoms with van der Waals surface area (Å²) < 4.78 is 5.57. The standard InChI is InChI=1S/C16H18Cl2N2O/c1-2-6-21-12-7-11(9-20-10-12)16(19)8-13-14(17)4-3-5-15(13)18/h3-5,7,9-10,16H,2,6,8,19H2,1H3. The van der Waals surface area contributed by atoms with Crippen LogP contribution < -0.4 is 10.5 Å². The number of nitrogens with zero attached hydrogens (tertiary/aromatic N) is 1. The number of hydrogen-bond donors (Lipinski definition) is 1. The summed E-state index contributed by atoms with van der Waals surface area (Å²) in [6.45, 7) is 2.72. The quantitative estimate of drug-likeness (QED) is 0.855. The molecule has 2 rings (SSSR count). The zero-order chi connectivity index (χ0) is 15.2. The molecular formula is C16H18Cl2N2O. The molecule has 0 aliphatic rings. The van der Waals surface area contributed by atoms with E-state index in [1.165, 1.54) is 0 Å². The number of benzene rings is 1. The van der Waals surface area contributed by atoms with Gasteiger partial charge in [-0.25, -0.2) is 0 Å². The summed E-state index contributed by atoms with van der Waals surface area (Å²) in [6, 6.07) is 7.13. The average Bonchev–Trinajstić information content (AvgIpc) is 2.49. The van der Waals surface area contributed by atoms with Gasteiger partial charge in [-0.1, -0.05) is 36.2 Å². The molecule has 2 aromatic rings. The van der Waals surface area contributed by atoms with Crippen LogP contribution in [0.5, 0.6) is 5.75 Å². The highest BCUT2D eigenvalue weighted by Crippen LogP contribution is 2.29. The molecule has 1 aromatic carbocycles. The van der Waals surface area contributed by atoms with Crippen molar-refractivity contribution in [2.45, 2.75) is 25.8 Å². The molecule has 0 amide bonds. The van der Waals surface area contributed by atoms with Crippen molar-refractivity contribution in [1.82, 2.24) is 4.98 Å². The molecule has 2 N–H and O–H groups in total. The average molecular weight is 325 g/mol. The summed E-state index contributed by atoms with van der Waals surface area (Å²) in [4.78, 5) is 4.17.